The van der Waals surface area contributed by atoms with Crippen LogP contribution < -0.4 is 5.32 Å². The van der Waals surface area contributed by atoms with Gasteiger partial charge in [-0.3, -0.25) is 14.2 Å². The van der Waals surface area contributed by atoms with E-state index in [1.54, 1.807) is 12.4 Å². The summed E-state index contributed by atoms with van der Waals surface area (Å²) < 4.78 is 4.18. The second kappa shape index (κ2) is 7.96. The van der Waals surface area contributed by atoms with E-state index in [4.69, 9.17) is 5.11 Å². The van der Waals surface area contributed by atoms with Crippen molar-refractivity contribution in [2.24, 2.45) is 0 Å². The molecule has 0 unspecified atom stereocenters. The van der Waals surface area contributed by atoms with Crippen LogP contribution >= 0.6 is 15.9 Å². The first-order valence-electron chi connectivity index (χ1n) is 7.83. The van der Waals surface area contributed by atoms with E-state index in [-0.39, 0.29) is 18.0 Å². The summed E-state index contributed by atoms with van der Waals surface area (Å²) in [4.78, 5) is 22.8. The van der Waals surface area contributed by atoms with E-state index in [0.717, 1.165) is 10.0 Å². The van der Waals surface area contributed by atoms with Gasteiger partial charge < -0.3 is 10.4 Å². The van der Waals surface area contributed by atoms with Crippen LogP contribution in [0.25, 0.3) is 0 Å². The average molecular weight is 418 g/mol. The number of hydrogen-bond acceptors (Lipinski definition) is 4. The Kier molecular flexibility index (Phi) is 5.47. The largest absolute Gasteiger partial charge is 0.476 e. The molecule has 0 saturated heterocycles. The molecule has 1 aromatic carbocycles. The van der Waals surface area contributed by atoms with Crippen LogP contribution in [0.5, 0.6) is 0 Å². The molecule has 9 heteroatoms. The molecule has 2 N–H and O–H groups in total. The Bertz CT molecular complexity index is 917. The number of aromatic carboxylic acids is 1. The molecule has 3 aromatic rings. The quantitative estimate of drug-likeness (QED) is 0.614. The fourth-order valence-corrected chi connectivity index (χ4v) is 2.67. The minimum atomic E-state index is -1.09. The lowest BCUT2D eigenvalue weighted by atomic mass is 10.2. The highest BCUT2D eigenvalue weighted by Crippen LogP contribution is 2.13. The maximum Gasteiger partial charge on any atom is 0.356 e. The van der Waals surface area contributed by atoms with Gasteiger partial charge in [0.25, 0.3) is 0 Å². The summed E-state index contributed by atoms with van der Waals surface area (Å²) >= 11 is 3.36. The van der Waals surface area contributed by atoms with Crippen molar-refractivity contribution in [2.75, 3.05) is 5.32 Å². The van der Waals surface area contributed by atoms with E-state index in [9.17, 15) is 9.59 Å². The predicted octanol–water partition coefficient (Wildman–Crippen LogP) is 2.62. The number of carbonyl (C=O) groups is 2. The summed E-state index contributed by atoms with van der Waals surface area (Å²) in [5.41, 5.74) is 1.73. The molecule has 0 bridgehead atoms. The molecular weight excluding hydrogens is 402 g/mol. The van der Waals surface area contributed by atoms with E-state index in [1.807, 2.05) is 35.1 Å². The molecule has 0 aliphatic carbocycles. The van der Waals surface area contributed by atoms with Gasteiger partial charge in [0.15, 0.2) is 5.69 Å². The fourth-order valence-electron chi connectivity index (χ4n) is 2.35. The van der Waals surface area contributed by atoms with Crippen LogP contribution in [0.15, 0.2) is 53.4 Å². The van der Waals surface area contributed by atoms with Gasteiger partial charge in [0.05, 0.1) is 17.2 Å². The van der Waals surface area contributed by atoms with Crippen molar-refractivity contribution in [3.05, 3.63) is 64.7 Å². The minimum absolute atomic E-state index is 0.0368. The smallest absolute Gasteiger partial charge is 0.356 e. The topological polar surface area (TPSA) is 102 Å². The van der Waals surface area contributed by atoms with E-state index in [1.165, 1.54) is 10.7 Å². The molecular formula is C17H16BrN5O3. The summed E-state index contributed by atoms with van der Waals surface area (Å²) in [5.74, 6) is -1.25. The maximum atomic E-state index is 12.0. The molecule has 0 saturated carbocycles. The molecule has 0 fully saturated rings. The third kappa shape index (κ3) is 4.79. The normalized spacial score (nSPS) is 10.7. The Morgan fingerprint density at radius 3 is 2.54 bits per heavy atom. The zero-order valence-electron chi connectivity index (χ0n) is 13.7. The van der Waals surface area contributed by atoms with Crippen molar-refractivity contribution in [1.82, 2.24) is 19.6 Å². The Hall–Kier alpha value is -2.94. The fraction of sp³-hybridized carbons (Fsp3) is 0.176. The SMILES string of the molecule is O=C(CCn1ccc(C(=O)O)n1)Nc1ccc(Cn2cc(Br)cn2)cc1. The van der Waals surface area contributed by atoms with Crippen molar-refractivity contribution >= 4 is 33.5 Å². The van der Waals surface area contributed by atoms with Gasteiger partial charge in [0.1, 0.15) is 0 Å². The van der Waals surface area contributed by atoms with Gasteiger partial charge in [0.2, 0.25) is 5.91 Å². The highest BCUT2D eigenvalue weighted by molar-refractivity contribution is 9.10. The number of carboxylic acid groups (broad SMARTS) is 1. The molecule has 0 aliphatic rings. The lowest BCUT2D eigenvalue weighted by molar-refractivity contribution is -0.116. The number of aromatic nitrogens is 4. The Morgan fingerprint density at radius 1 is 1.15 bits per heavy atom. The first-order valence-corrected chi connectivity index (χ1v) is 8.62. The van der Waals surface area contributed by atoms with Gasteiger partial charge in [-0.2, -0.15) is 10.2 Å². The number of benzene rings is 1. The van der Waals surface area contributed by atoms with Gasteiger partial charge in [-0.05, 0) is 39.7 Å². The maximum absolute atomic E-state index is 12.0. The zero-order valence-corrected chi connectivity index (χ0v) is 15.3. The minimum Gasteiger partial charge on any atom is -0.476 e. The highest BCUT2D eigenvalue weighted by Gasteiger charge is 2.08. The number of hydrogen-bond donors (Lipinski definition) is 2. The van der Waals surface area contributed by atoms with Crippen molar-refractivity contribution in [3.63, 3.8) is 0 Å². The number of aryl methyl sites for hydroxylation is 1. The lowest BCUT2D eigenvalue weighted by Gasteiger charge is -2.07. The van der Waals surface area contributed by atoms with Gasteiger partial charge in [-0.15, -0.1) is 0 Å². The molecule has 0 spiro atoms. The van der Waals surface area contributed by atoms with Crippen LogP contribution in [0, 0.1) is 0 Å². The third-order valence-electron chi connectivity index (χ3n) is 3.61. The van der Waals surface area contributed by atoms with Crippen LogP contribution in [0.4, 0.5) is 5.69 Å². The molecule has 8 nitrogen and oxygen atoms in total. The second-order valence-corrected chi connectivity index (χ2v) is 6.54. The zero-order chi connectivity index (χ0) is 18.5. The molecule has 2 aromatic heterocycles. The number of amides is 1. The van der Waals surface area contributed by atoms with Crippen LogP contribution in [0.3, 0.4) is 0 Å². The van der Waals surface area contributed by atoms with Crippen molar-refractivity contribution < 1.29 is 14.7 Å². The van der Waals surface area contributed by atoms with Gasteiger partial charge >= 0.3 is 5.97 Å². The van der Waals surface area contributed by atoms with Gasteiger partial charge in [0, 0.05) is 31.0 Å². The summed E-state index contributed by atoms with van der Waals surface area (Å²) in [6, 6.07) is 8.93. The summed E-state index contributed by atoms with van der Waals surface area (Å²) in [5, 5.41) is 19.7. The number of halogens is 1. The first kappa shape index (κ1) is 17.9. The van der Waals surface area contributed by atoms with E-state index in [2.05, 4.69) is 31.4 Å². The van der Waals surface area contributed by atoms with Crippen LogP contribution in [0.1, 0.15) is 22.5 Å². The van der Waals surface area contributed by atoms with Crippen molar-refractivity contribution in [3.8, 4) is 0 Å². The van der Waals surface area contributed by atoms with Gasteiger partial charge in [-0.1, -0.05) is 12.1 Å². The molecule has 0 aliphatic heterocycles. The number of rotatable bonds is 7. The molecule has 0 radical (unpaired) electrons. The Morgan fingerprint density at radius 2 is 1.92 bits per heavy atom. The lowest BCUT2D eigenvalue weighted by Crippen LogP contribution is -2.15. The molecule has 0 atom stereocenters. The van der Waals surface area contributed by atoms with E-state index in [0.29, 0.717) is 18.8 Å². The molecule has 26 heavy (non-hydrogen) atoms. The Balaban J connectivity index is 1.49. The molecule has 3 rings (SSSR count). The number of carboxylic acids is 1. The second-order valence-electron chi connectivity index (χ2n) is 5.62. The van der Waals surface area contributed by atoms with Crippen molar-refractivity contribution in [2.45, 2.75) is 19.5 Å². The highest BCUT2D eigenvalue weighted by atomic mass is 79.9. The van der Waals surface area contributed by atoms with Crippen LogP contribution in [-0.2, 0) is 17.9 Å². The van der Waals surface area contributed by atoms with Crippen LogP contribution in [0.2, 0.25) is 0 Å². The Labute approximate surface area is 157 Å². The predicted molar refractivity (Wildman–Crippen MR) is 97.9 cm³/mol. The van der Waals surface area contributed by atoms with Gasteiger partial charge in [-0.25, -0.2) is 4.79 Å². The van der Waals surface area contributed by atoms with Crippen LogP contribution in [-0.4, -0.2) is 36.5 Å². The summed E-state index contributed by atoms with van der Waals surface area (Å²) in [6.07, 6.45) is 5.36. The molecule has 2 heterocycles. The molecule has 134 valence electrons. The first-order chi connectivity index (χ1) is 12.5. The monoisotopic (exact) mass is 417 g/mol. The standard InChI is InChI=1S/C17H16BrN5O3/c18-13-9-19-23(11-13)10-12-1-3-14(4-2-12)20-16(24)6-8-22-7-5-15(21-22)17(25)26/h1-5,7,9,11H,6,8,10H2,(H,20,24)(H,25,26). The number of nitrogens with one attached hydrogen (secondary N) is 1. The van der Waals surface area contributed by atoms with E-state index >= 15 is 0 Å². The third-order valence-corrected chi connectivity index (χ3v) is 4.02. The van der Waals surface area contributed by atoms with E-state index < -0.39 is 5.97 Å². The summed E-state index contributed by atoms with van der Waals surface area (Å²) in [6.45, 7) is 0.955. The number of carbonyl (C=O) groups excluding carboxylic acids is 1. The molecule has 1 amide bonds. The number of nitrogens with zero attached hydrogens (tertiary/aromatic N) is 4. The van der Waals surface area contributed by atoms with Crippen molar-refractivity contribution in [1.29, 1.82) is 0 Å². The summed E-state index contributed by atoms with van der Waals surface area (Å²) in [7, 11) is 0. The number of anilines is 1. The average Bonchev–Trinajstić information content (AvgIpc) is 3.24.